The molecule has 0 unspecified atom stereocenters. The predicted molar refractivity (Wildman–Crippen MR) is 67.0 cm³/mol. The van der Waals surface area contributed by atoms with Crippen molar-refractivity contribution in [3.8, 4) is 0 Å². The molecule has 0 saturated carbocycles. The molecule has 2 amide bonds. The molecule has 0 aromatic rings. The van der Waals surface area contributed by atoms with Gasteiger partial charge in [-0.2, -0.15) is 0 Å². The number of ether oxygens (including phenoxy) is 1. The van der Waals surface area contributed by atoms with Crippen molar-refractivity contribution in [3.05, 3.63) is 11.4 Å². The van der Waals surface area contributed by atoms with E-state index in [1.807, 2.05) is 0 Å². The van der Waals surface area contributed by atoms with Crippen molar-refractivity contribution in [1.82, 2.24) is 9.80 Å². The van der Waals surface area contributed by atoms with Crippen molar-refractivity contribution >= 4 is 11.8 Å². The standard InChI is InChI=1S/C12H18N4O3/c1-14-8-10(16-3-2-9(13)11(16)17)12(18)15-4-6-19-7-5-15/h9-10H,2-8,13H2/t9-,10-/m0/s1. The maximum Gasteiger partial charge on any atom is 0.253 e. The number of rotatable bonds is 3. The summed E-state index contributed by atoms with van der Waals surface area (Å²) < 4.78 is 5.20. The second-order valence-corrected chi connectivity index (χ2v) is 4.72. The molecule has 0 aromatic carbocycles. The summed E-state index contributed by atoms with van der Waals surface area (Å²) in [5.41, 5.74) is 5.67. The summed E-state index contributed by atoms with van der Waals surface area (Å²) in [5, 5.41) is 0. The monoisotopic (exact) mass is 266 g/mol. The van der Waals surface area contributed by atoms with Crippen LogP contribution in [-0.2, 0) is 14.3 Å². The molecule has 2 atom stereocenters. The Kier molecular flexibility index (Phi) is 4.35. The zero-order chi connectivity index (χ0) is 13.8. The molecule has 104 valence electrons. The van der Waals surface area contributed by atoms with Crippen LogP contribution in [0.3, 0.4) is 0 Å². The average molecular weight is 266 g/mol. The number of carbonyl (C=O) groups is 2. The van der Waals surface area contributed by atoms with Gasteiger partial charge in [-0.3, -0.25) is 9.59 Å². The van der Waals surface area contributed by atoms with Crippen molar-refractivity contribution < 1.29 is 14.3 Å². The van der Waals surface area contributed by atoms with Crippen molar-refractivity contribution in [3.63, 3.8) is 0 Å². The molecule has 2 N–H and O–H groups in total. The van der Waals surface area contributed by atoms with Gasteiger partial charge in [0.1, 0.15) is 0 Å². The highest BCUT2D eigenvalue weighted by Crippen LogP contribution is 2.16. The Morgan fingerprint density at radius 1 is 1.47 bits per heavy atom. The minimum absolute atomic E-state index is 0.00531. The van der Waals surface area contributed by atoms with Crippen LogP contribution in [0.25, 0.3) is 4.85 Å². The van der Waals surface area contributed by atoms with Gasteiger partial charge in [-0.15, -0.1) is 0 Å². The topological polar surface area (TPSA) is 80.2 Å². The number of hydrogen-bond acceptors (Lipinski definition) is 4. The van der Waals surface area contributed by atoms with Gasteiger partial charge in [0.2, 0.25) is 12.5 Å². The van der Waals surface area contributed by atoms with Crippen molar-refractivity contribution in [2.75, 3.05) is 39.4 Å². The highest BCUT2D eigenvalue weighted by molar-refractivity contribution is 5.91. The summed E-state index contributed by atoms with van der Waals surface area (Å²) in [6.45, 7) is 9.47. The van der Waals surface area contributed by atoms with Crippen molar-refractivity contribution in [2.45, 2.75) is 18.5 Å². The molecule has 2 saturated heterocycles. The van der Waals surface area contributed by atoms with Gasteiger partial charge in [-0.05, 0) is 6.42 Å². The van der Waals surface area contributed by atoms with Crippen LogP contribution in [0.15, 0.2) is 0 Å². The minimum Gasteiger partial charge on any atom is -0.378 e. The fourth-order valence-electron chi connectivity index (χ4n) is 2.43. The molecule has 0 spiro atoms. The summed E-state index contributed by atoms with van der Waals surface area (Å²) in [6, 6.07) is -1.23. The largest absolute Gasteiger partial charge is 0.378 e. The molecule has 0 aliphatic carbocycles. The van der Waals surface area contributed by atoms with E-state index in [9.17, 15) is 9.59 Å². The average Bonchev–Trinajstić information content (AvgIpc) is 2.77. The number of nitrogens with two attached hydrogens (primary N) is 1. The van der Waals surface area contributed by atoms with Gasteiger partial charge in [0.05, 0.1) is 19.3 Å². The lowest BCUT2D eigenvalue weighted by molar-refractivity contribution is -0.146. The second kappa shape index (κ2) is 5.99. The second-order valence-electron chi connectivity index (χ2n) is 4.72. The first-order valence-electron chi connectivity index (χ1n) is 6.41. The lowest BCUT2D eigenvalue weighted by Gasteiger charge is -2.32. The first-order valence-corrected chi connectivity index (χ1v) is 6.41. The van der Waals surface area contributed by atoms with Crippen LogP contribution in [0, 0.1) is 6.57 Å². The summed E-state index contributed by atoms with van der Waals surface area (Å²) in [7, 11) is 0. The van der Waals surface area contributed by atoms with E-state index in [1.165, 1.54) is 4.90 Å². The van der Waals surface area contributed by atoms with E-state index in [0.717, 1.165) is 0 Å². The first kappa shape index (κ1) is 13.8. The molecule has 19 heavy (non-hydrogen) atoms. The number of morpholine rings is 1. The third kappa shape index (κ3) is 2.85. The third-order valence-electron chi connectivity index (χ3n) is 3.53. The molecule has 0 aromatic heterocycles. The van der Waals surface area contributed by atoms with Crippen molar-refractivity contribution in [1.29, 1.82) is 0 Å². The lowest BCUT2D eigenvalue weighted by atomic mass is 10.2. The highest BCUT2D eigenvalue weighted by Gasteiger charge is 2.40. The molecule has 2 fully saturated rings. The van der Waals surface area contributed by atoms with E-state index in [0.29, 0.717) is 39.3 Å². The van der Waals surface area contributed by atoms with Gasteiger partial charge in [0.25, 0.3) is 5.91 Å². The van der Waals surface area contributed by atoms with Crippen LogP contribution in [0.2, 0.25) is 0 Å². The Morgan fingerprint density at radius 2 is 2.16 bits per heavy atom. The Labute approximate surface area is 112 Å². The summed E-state index contributed by atoms with van der Waals surface area (Å²) in [5.74, 6) is -0.392. The highest BCUT2D eigenvalue weighted by atomic mass is 16.5. The van der Waals surface area contributed by atoms with Crippen LogP contribution >= 0.6 is 0 Å². The van der Waals surface area contributed by atoms with Crippen LogP contribution < -0.4 is 5.73 Å². The van der Waals surface area contributed by atoms with Gasteiger partial charge in [-0.1, -0.05) is 0 Å². The van der Waals surface area contributed by atoms with Gasteiger partial charge in [0.15, 0.2) is 6.04 Å². The van der Waals surface area contributed by atoms with E-state index < -0.39 is 12.1 Å². The molecule has 7 heteroatoms. The maximum atomic E-state index is 12.4. The zero-order valence-electron chi connectivity index (χ0n) is 10.7. The number of likely N-dealkylation sites (tertiary alicyclic amines) is 1. The number of carbonyl (C=O) groups excluding carboxylic acids is 2. The fourth-order valence-corrected chi connectivity index (χ4v) is 2.43. The van der Waals surface area contributed by atoms with Gasteiger partial charge < -0.3 is 25.1 Å². The molecular weight excluding hydrogens is 248 g/mol. The van der Waals surface area contributed by atoms with Crippen molar-refractivity contribution in [2.24, 2.45) is 5.73 Å². The smallest absolute Gasteiger partial charge is 0.253 e. The summed E-state index contributed by atoms with van der Waals surface area (Å²) in [4.78, 5) is 30.7. The molecule has 2 heterocycles. The molecule has 7 nitrogen and oxygen atoms in total. The summed E-state index contributed by atoms with van der Waals surface area (Å²) >= 11 is 0. The summed E-state index contributed by atoms with van der Waals surface area (Å²) in [6.07, 6.45) is 0.545. The molecule has 2 rings (SSSR count). The first-order chi connectivity index (χ1) is 9.15. The fraction of sp³-hybridized carbons (Fsp3) is 0.750. The quantitative estimate of drug-likeness (QED) is 0.643. The van der Waals surface area contributed by atoms with Crippen LogP contribution in [0.4, 0.5) is 0 Å². The third-order valence-corrected chi connectivity index (χ3v) is 3.53. The van der Waals surface area contributed by atoms with Crippen LogP contribution in [-0.4, -0.2) is 73.1 Å². The zero-order valence-corrected chi connectivity index (χ0v) is 10.7. The van der Waals surface area contributed by atoms with Gasteiger partial charge in [-0.25, -0.2) is 6.57 Å². The number of amides is 2. The van der Waals surface area contributed by atoms with E-state index in [1.54, 1.807) is 4.90 Å². The SMILES string of the molecule is [C-]#[N+]C[C@@H](C(=O)N1CCOCC1)N1CC[C@H](N)C1=O. The van der Waals surface area contributed by atoms with E-state index in [4.69, 9.17) is 17.0 Å². The van der Waals surface area contributed by atoms with Crippen LogP contribution in [0.1, 0.15) is 6.42 Å². The number of hydrogen-bond donors (Lipinski definition) is 1. The predicted octanol–water partition coefficient (Wildman–Crippen LogP) is -1.31. The minimum atomic E-state index is -0.698. The maximum absolute atomic E-state index is 12.4. The number of nitrogens with zero attached hydrogens (tertiary/aromatic N) is 3. The van der Waals surface area contributed by atoms with E-state index >= 15 is 0 Å². The van der Waals surface area contributed by atoms with E-state index in [-0.39, 0.29) is 18.4 Å². The molecular formula is C12H18N4O3. The molecule has 0 radical (unpaired) electrons. The lowest BCUT2D eigenvalue weighted by Crippen LogP contribution is -2.54. The Balaban J connectivity index is 2.09. The van der Waals surface area contributed by atoms with Crippen LogP contribution in [0.5, 0.6) is 0 Å². The Morgan fingerprint density at radius 3 is 2.68 bits per heavy atom. The van der Waals surface area contributed by atoms with Gasteiger partial charge in [0, 0.05) is 19.6 Å². The normalized spacial score (nSPS) is 25.3. The van der Waals surface area contributed by atoms with E-state index in [2.05, 4.69) is 4.85 Å². The molecule has 2 aliphatic heterocycles. The molecule has 2 aliphatic rings. The Hall–Kier alpha value is -1.65. The Bertz CT molecular complexity index is 400. The van der Waals surface area contributed by atoms with Gasteiger partial charge >= 0.3 is 0 Å². The molecule has 0 bridgehead atoms.